The van der Waals surface area contributed by atoms with Gasteiger partial charge in [0, 0.05) is 29.4 Å². The molecule has 0 radical (unpaired) electrons. The fraction of sp³-hybridized carbons (Fsp3) is 0.318. The van der Waals surface area contributed by atoms with Gasteiger partial charge in [-0.15, -0.1) is 12.4 Å². The molecule has 1 aliphatic carbocycles. The molecule has 1 aromatic heterocycles. The minimum atomic E-state index is 0. The van der Waals surface area contributed by atoms with E-state index in [2.05, 4.69) is 63.8 Å². The number of fused-ring (bicyclic) bond motifs is 1. The summed E-state index contributed by atoms with van der Waals surface area (Å²) in [7, 11) is 1.73. The lowest BCUT2D eigenvalue weighted by Gasteiger charge is -2.25. The summed E-state index contributed by atoms with van der Waals surface area (Å²) in [4.78, 5) is 0. The molecule has 1 aliphatic rings. The highest BCUT2D eigenvalue weighted by molar-refractivity contribution is 5.85. The molecule has 1 heterocycles. The molecule has 0 fully saturated rings. The van der Waals surface area contributed by atoms with Gasteiger partial charge in [0.05, 0.1) is 19.9 Å². The molecule has 0 bridgehead atoms. The van der Waals surface area contributed by atoms with Crippen LogP contribution in [-0.4, -0.2) is 16.9 Å². The van der Waals surface area contributed by atoms with E-state index in [0.29, 0.717) is 6.04 Å². The van der Waals surface area contributed by atoms with Crippen LogP contribution in [0.5, 0.6) is 5.75 Å². The molecule has 0 saturated carbocycles. The summed E-state index contributed by atoms with van der Waals surface area (Å²) in [6, 6.07) is 19.1. The highest BCUT2D eigenvalue weighted by Gasteiger charge is 2.24. The van der Waals surface area contributed by atoms with Crippen LogP contribution in [0.1, 0.15) is 41.3 Å². The van der Waals surface area contributed by atoms with Gasteiger partial charge in [-0.1, -0.05) is 48.5 Å². The van der Waals surface area contributed by atoms with Crippen molar-refractivity contribution in [1.29, 1.82) is 0 Å². The zero-order valence-electron chi connectivity index (χ0n) is 15.6. The molecule has 0 amide bonds. The van der Waals surface area contributed by atoms with Crippen molar-refractivity contribution in [1.82, 2.24) is 15.1 Å². The van der Waals surface area contributed by atoms with E-state index in [1.807, 2.05) is 12.1 Å². The van der Waals surface area contributed by atoms with Crippen LogP contribution in [0.2, 0.25) is 0 Å². The lowest BCUT2D eigenvalue weighted by Crippen LogP contribution is -2.25. The van der Waals surface area contributed by atoms with Crippen LogP contribution in [-0.2, 0) is 19.5 Å². The summed E-state index contributed by atoms with van der Waals surface area (Å²) in [5.41, 5.74) is 5.21. The Hall–Kier alpha value is -2.30. The predicted molar refractivity (Wildman–Crippen MR) is 111 cm³/mol. The predicted octanol–water partition coefficient (Wildman–Crippen LogP) is 4.53. The van der Waals surface area contributed by atoms with Gasteiger partial charge in [-0.25, -0.2) is 0 Å². The Bertz CT molecular complexity index is 863. The fourth-order valence-corrected chi connectivity index (χ4v) is 3.81. The number of methoxy groups -OCH3 is 1. The van der Waals surface area contributed by atoms with E-state index in [-0.39, 0.29) is 12.4 Å². The SMILES string of the molecule is COc1ccccc1CNC1CCCc2c1cnn2Cc1ccccc1.Cl. The number of ether oxygens (including phenoxy) is 1. The molecule has 4 rings (SSSR count). The molecule has 142 valence electrons. The molecule has 2 aromatic carbocycles. The van der Waals surface area contributed by atoms with Crippen LogP contribution in [0.15, 0.2) is 60.8 Å². The van der Waals surface area contributed by atoms with E-state index >= 15 is 0 Å². The van der Waals surface area contributed by atoms with Crippen molar-refractivity contribution in [3.8, 4) is 5.75 Å². The summed E-state index contributed by atoms with van der Waals surface area (Å²) in [5, 5.41) is 8.40. The molecule has 4 nitrogen and oxygen atoms in total. The number of benzene rings is 2. The van der Waals surface area contributed by atoms with Crippen molar-refractivity contribution >= 4 is 12.4 Å². The van der Waals surface area contributed by atoms with E-state index in [4.69, 9.17) is 4.74 Å². The standard InChI is InChI=1S/C22H25N3O.ClH/c1-26-22-13-6-5-10-18(22)14-23-20-11-7-12-21-19(20)15-24-25(21)16-17-8-3-2-4-9-17;/h2-6,8-10,13,15,20,23H,7,11-12,14,16H2,1H3;1H. The van der Waals surface area contributed by atoms with Crippen molar-refractivity contribution in [2.24, 2.45) is 0 Å². The van der Waals surface area contributed by atoms with Gasteiger partial charge in [0.1, 0.15) is 5.75 Å². The van der Waals surface area contributed by atoms with Crippen LogP contribution >= 0.6 is 12.4 Å². The van der Waals surface area contributed by atoms with Crippen molar-refractivity contribution in [2.75, 3.05) is 7.11 Å². The van der Waals surface area contributed by atoms with Gasteiger partial charge in [0.25, 0.3) is 0 Å². The van der Waals surface area contributed by atoms with E-state index in [1.54, 1.807) is 7.11 Å². The molecule has 1 unspecified atom stereocenters. The molecule has 27 heavy (non-hydrogen) atoms. The van der Waals surface area contributed by atoms with Gasteiger partial charge >= 0.3 is 0 Å². The number of para-hydroxylation sites is 1. The van der Waals surface area contributed by atoms with Crippen LogP contribution in [0.3, 0.4) is 0 Å². The molecular formula is C22H26ClN3O. The smallest absolute Gasteiger partial charge is 0.123 e. The maximum absolute atomic E-state index is 5.47. The van der Waals surface area contributed by atoms with Crippen LogP contribution in [0.25, 0.3) is 0 Å². The number of aromatic nitrogens is 2. The van der Waals surface area contributed by atoms with Crippen molar-refractivity contribution < 1.29 is 4.74 Å². The third-order valence-electron chi connectivity index (χ3n) is 5.17. The minimum Gasteiger partial charge on any atom is -0.496 e. The first-order chi connectivity index (χ1) is 12.8. The van der Waals surface area contributed by atoms with E-state index in [9.17, 15) is 0 Å². The van der Waals surface area contributed by atoms with Gasteiger partial charge in [0.2, 0.25) is 0 Å². The van der Waals surface area contributed by atoms with Gasteiger partial charge in [-0.3, -0.25) is 4.68 Å². The Labute approximate surface area is 167 Å². The average molecular weight is 384 g/mol. The molecule has 3 aromatic rings. The molecule has 0 saturated heterocycles. The van der Waals surface area contributed by atoms with Crippen molar-refractivity contribution in [3.63, 3.8) is 0 Å². The van der Waals surface area contributed by atoms with E-state index < -0.39 is 0 Å². The second kappa shape index (κ2) is 9.07. The Morgan fingerprint density at radius 1 is 1.11 bits per heavy atom. The number of halogens is 1. The molecule has 1 N–H and O–H groups in total. The summed E-state index contributed by atoms with van der Waals surface area (Å²) in [5.74, 6) is 0.941. The fourth-order valence-electron chi connectivity index (χ4n) is 3.81. The lowest BCUT2D eigenvalue weighted by molar-refractivity contribution is 0.400. The highest BCUT2D eigenvalue weighted by atomic mass is 35.5. The summed E-state index contributed by atoms with van der Waals surface area (Å²) in [6.45, 7) is 1.65. The molecule has 1 atom stereocenters. The van der Waals surface area contributed by atoms with Gasteiger partial charge < -0.3 is 10.1 Å². The third kappa shape index (κ3) is 4.34. The van der Waals surface area contributed by atoms with Crippen LogP contribution in [0, 0.1) is 0 Å². The number of hydrogen-bond acceptors (Lipinski definition) is 3. The maximum atomic E-state index is 5.47. The molecule has 5 heteroatoms. The lowest BCUT2D eigenvalue weighted by atomic mass is 9.92. The van der Waals surface area contributed by atoms with E-state index in [0.717, 1.165) is 31.7 Å². The van der Waals surface area contributed by atoms with Gasteiger partial charge in [-0.05, 0) is 30.9 Å². The summed E-state index contributed by atoms with van der Waals surface area (Å²) < 4.78 is 7.64. The first-order valence-electron chi connectivity index (χ1n) is 9.29. The first kappa shape index (κ1) is 19.5. The van der Waals surface area contributed by atoms with Crippen LogP contribution < -0.4 is 10.1 Å². The highest BCUT2D eigenvalue weighted by Crippen LogP contribution is 2.30. The molecular weight excluding hydrogens is 358 g/mol. The zero-order valence-corrected chi connectivity index (χ0v) is 16.4. The third-order valence-corrected chi connectivity index (χ3v) is 5.17. The normalized spacial score (nSPS) is 15.7. The van der Waals surface area contributed by atoms with Gasteiger partial charge in [-0.2, -0.15) is 5.10 Å². The summed E-state index contributed by atoms with van der Waals surface area (Å²) in [6.07, 6.45) is 5.50. The maximum Gasteiger partial charge on any atom is 0.123 e. The quantitative estimate of drug-likeness (QED) is 0.679. The largest absolute Gasteiger partial charge is 0.496 e. The molecule has 0 spiro atoms. The second-order valence-electron chi connectivity index (χ2n) is 6.83. The average Bonchev–Trinajstić information content (AvgIpc) is 3.11. The summed E-state index contributed by atoms with van der Waals surface area (Å²) >= 11 is 0. The van der Waals surface area contributed by atoms with Crippen molar-refractivity contribution in [3.05, 3.63) is 83.2 Å². The Balaban J connectivity index is 0.00000210. The Morgan fingerprint density at radius 2 is 1.89 bits per heavy atom. The topological polar surface area (TPSA) is 39.1 Å². The second-order valence-corrected chi connectivity index (χ2v) is 6.83. The Kier molecular flexibility index (Phi) is 6.54. The Morgan fingerprint density at radius 3 is 2.70 bits per heavy atom. The number of rotatable bonds is 6. The number of hydrogen-bond donors (Lipinski definition) is 1. The minimum absolute atomic E-state index is 0. The van der Waals surface area contributed by atoms with E-state index in [1.165, 1.54) is 28.8 Å². The van der Waals surface area contributed by atoms with Crippen molar-refractivity contribution in [2.45, 2.75) is 38.4 Å². The molecule has 0 aliphatic heterocycles. The van der Waals surface area contributed by atoms with Gasteiger partial charge in [0.15, 0.2) is 0 Å². The number of nitrogens with zero attached hydrogens (tertiary/aromatic N) is 2. The number of nitrogens with one attached hydrogen (secondary N) is 1. The monoisotopic (exact) mass is 383 g/mol. The first-order valence-corrected chi connectivity index (χ1v) is 9.29. The van der Waals surface area contributed by atoms with Crippen LogP contribution in [0.4, 0.5) is 0 Å². The zero-order chi connectivity index (χ0) is 17.8.